The molecule has 3 rings (SSSR count). The Kier molecular flexibility index (Phi) is 4.96. The van der Waals surface area contributed by atoms with Gasteiger partial charge in [0, 0.05) is 28.0 Å². The fourth-order valence-corrected chi connectivity index (χ4v) is 3.50. The molecule has 0 unspecified atom stereocenters. The second-order valence-electron chi connectivity index (χ2n) is 5.33. The van der Waals surface area contributed by atoms with Crippen LogP contribution in [0.1, 0.15) is 11.3 Å². The number of nitrogens with zero attached hydrogens (tertiary/aromatic N) is 2. The fraction of sp³-hybridized carbons (Fsp3) is 0.105. The van der Waals surface area contributed by atoms with Gasteiger partial charge in [-0.25, -0.2) is 4.98 Å². The summed E-state index contributed by atoms with van der Waals surface area (Å²) in [5.41, 5.74) is 4.72. The highest BCUT2D eigenvalue weighted by Gasteiger charge is 2.25. The van der Waals surface area contributed by atoms with Crippen LogP contribution in [0.5, 0.6) is 5.75 Å². The molecule has 0 aliphatic carbocycles. The molecule has 0 fully saturated rings. The minimum absolute atomic E-state index is 0.544. The van der Waals surface area contributed by atoms with Gasteiger partial charge < -0.3 is 9.64 Å². The number of allylic oxidation sites excluding steroid dienone is 3. The molecule has 24 heavy (non-hydrogen) atoms. The molecule has 1 aromatic carbocycles. The molecule has 0 N–H and O–H groups in total. The zero-order valence-corrected chi connectivity index (χ0v) is 16.3. The van der Waals surface area contributed by atoms with Crippen molar-refractivity contribution in [3.05, 3.63) is 80.8 Å². The van der Waals surface area contributed by atoms with Crippen LogP contribution in [0.3, 0.4) is 0 Å². The van der Waals surface area contributed by atoms with Gasteiger partial charge in [0.1, 0.15) is 11.4 Å². The van der Waals surface area contributed by atoms with Gasteiger partial charge in [0.2, 0.25) is 0 Å². The van der Waals surface area contributed by atoms with E-state index in [1.165, 1.54) is 0 Å². The van der Waals surface area contributed by atoms with Crippen LogP contribution in [0.15, 0.2) is 64.5 Å². The van der Waals surface area contributed by atoms with Gasteiger partial charge in [-0.1, -0.05) is 48.5 Å². The van der Waals surface area contributed by atoms with Crippen molar-refractivity contribution in [1.29, 1.82) is 0 Å². The summed E-state index contributed by atoms with van der Waals surface area (Å²) in [7, 11) is 3.58. The number of aromatic nitrogens is 1. The quantitative estimate of drug-likeness (QED) is 0.586. The molecule has 5 heteroatoms. The van der Waals surface area contributed by atoms with Crippen LogP contribution >= 0.6 is 34.2 Å². The number of halogens is 2. The Balaban J connectivity index is 2.27. The van der Waals surface area contributed by atoms with Crippen LogP contribution in [-0.2, 0) is 0 Å². The minimum atomic E-state index is 0.544. The number of likely N-dealkylation sites (N-methyl/N-ethyl adjacent to an activating group) is 1. The van der Waals surface area contributed by atoms with Crippen LogP contribution in [0, 0.1) is 0 Å². The van der Waals surface area contributed by atoms with Crippen molar-refractivity contribution in [2.24, 2.45) is 0 Å². The van der Waals surface area contributed by atoms with Gasteiger partial charge in [-0.05, 0) is 34.2 Å². The van der Waals surface area contributed by atoms with Gasteiger partial charge in [0.15, 0.2) is 0 Å². The summed E-state index contributed by atoms with van der Waals surface area (Å²) in [5.74, 6) is 0.632. The molecule has 2 heterocycles. The molecule has 0 saturated heterocycles. The van der Waals surface area contributed by atoms with Gasteiger partial charge in [-0.3, -0.25) is 0 Å². The van der Waals surface area contributed by atoms with E-state index in [1.807, 2.05) is 30.1 Å². The fourth-order valence-electron chi connectivity index (χ4n) is 2.58. The molecule has 0 saturated carbocycles. The number of methoxy groups -OCH3 is 1. The van der Waals surface area contributed by atoms with Gasteiger partial charge in [0.05, 0.1) is 24.0 Å². The molecule has 0 bridgehead atoms. The van der Waals surface area contributed by atoms with E-state index in [2.05, 4.69) is 52.4 Å². The lowest BCUT2D eigenvalue weighted by molar-refractivity contribution is 0.412. The van der Waals surface area contributed by atoms with E-state index in [1.54, 1.807) is 19.4 Å². The lowest BCUT2D eigenvalue weighted by Gasteiger charge is -2.31. The van der Waals surface area contributed by atoms with Crippen LogP contribution in [0.2, 0.25) is 5.02 Å². The summed E-state index contributed by atoms with van der Waals surface area (Å²) < 4.78 is 6.29. The Morgan fingerprint density at radius 1 is 1.25 bits per heavy atom. The first kappa shape index (κ1) is 17.0. The van der Waals surface area contributed by atoms with Crippen molar-refractivity contribution in [1.82, 2.24) is 9.88 Å². The van der Waals surface area contributed by atoms with E-state index in [0.717, 1.165) is 26.1 Å². The van der Waals surface area contributed by atoms with Crippen molar-refractivity contribution in [3.8, 4) is 5.75 Å². The summed E-state index contributed by atoms with van der Waals surface area (Å²) in [6.45, 7) is 4.16. The first-order valence-corrected chi connectivity index (χ1v) is 8.78. The Morgan fingerprint density at radius 2 is 1.96 bits per heavy atom. The Morgan fingerprint density at radius 3 is 2.58 bits per heavy atom. The van der Waals surface area contributed by atoms with E-state index >= 15 is 0 Å². The summed E-state index contributed by atoms with van der Waals surface area (Å²) in [6.07, 6.45) is 3.80. The van der Waals surface area contributed by atoms with E-state index in [9.17, 15) is 0 Å². The molecule has 3 nitrogen and oxygen atoms in total. The summed E-state index contributed by atoms with van der Waals surface area (Å²) in [6, 6.07) is 12.0. The van der Waals surface area contributed by atoms with Crippen LogP contribution in [-0.4, -0.2) is 24.0 Å². The molecule has 0 atom stereocenters. The van der Waals surface area contributed by atoms with Crippen LogP contribution < -0.4 is 4.74 Å². The third-order valence-corrected chi connectivity index (χ3v) is 5.13. The maximum atomic E-state index is 6.49. The molecule has 0 amide bonds. The SMILES string of the molecule is C=C1C(I)=CC(c2ccccc2)=C(c2ncc(OC)cc2Cl)N1C. The Labute approximate surface area is 160 Å². The minimum Gasteiger partial charge on any atom is -0.495 e. The van der Waals surface area contributed by atoms with Gasteiger partial charge in [-0.2, -0.15) is 0 Å². The van der Waals surface area contributed by atoms with Crippen molar-refractivity contribution >= 4 is 45.5 Å². The standard InChI is InChI=1S/C19H16ClIN2O/c1-12-17(21)10-15(13-7-5-4-6-8-13)19(23(12)2)18-16(20)9-14(24-3)11-22-18/h4-11H,1H2,2-3H3. The third-order valence-electron chi connectivity index (χ3n) is 3.90. The highest BCUT2D eigenvalue weighted by Crippen LogP contribution is 2.41. The topological polar surface area (TPSA) is 25.4 Å². The molecule has 0 spiro atoms. The molecule has 1 aliphatic heterocycles. The molecule has 1 aromatic heterocycles. The Bertz CT molecular complexity index is 859. The number of ether oxygens (including phenoxy) is 1. The average molecular weight is 451 g/mol. The molecule has 0 radical (unpaired) electrons. The van der Waals surface area contributed by atoms with Crippen molar-refractivity contribution < 1.29 is 4.74 Å². The second kappa shape index (κ2) is 6.99. The summed E-state index contributed by atoms with van der Waals surface area (Å²) >= 11 is 8.79. The number of rotatable bonds is 3. The first-order valence-electron chi connectivity index (χ1n) is 7.32. The molecular formula is C19H16ClIN2O. The zero-order valence-electron chi connectivity index (χ0n) is 13.4. The first-order chi connectivity index (χ1) is 11.5. The highest BCUT2D eigenvalue weighted by molar-refractivity contribution is 14.1. The van der Waals surface area contributed by atoms with Crippen molar-refractivity contribution in [2.75, 3.05) is 14.2 Å². The van der Waals surface area contributed by atoms with Crippen LogP contribution in [0.4, 0.5) is 0 Å². The van der Waals surface area contributed by atoms with Crippen LogP contribution in [0.25, 0.3) is 11.3 Å². The average Bonchev–Trinajstić information content (AvgIpc) is 2.60. The molecule has 1 aliphatic rings. The molecular weight excluding hydrogens is 435 g/mol. The Hall–Kier alpha value is -1.79. The van der Waals surface area contributed by atoms with Crippen molar-refractivity contribution in [3.63, 3.8) is 0 Å². The lowest BCUT2D eigenvalue weighted by atomic mass is 9.97. The predicted molar refractivity (Wildman–Crippen MR) is 108 cm³/mol. The largest absolute Gasteiger partial charge is 0.495 e. The monoisotopic (exact) mass is 450 g/mol. The van der Waals surface area contributed by atoms with E-state index in [0.29, 0.717) is 16.5 Å². The molecule has 122 valence electrons. The van der Waals surface area contributed by atoms with E-state index in [4.69, 9.17) is 16.3 Å². The van der Waals surface area contributed by atoms with Gasteiger partial charge in [0.25, 0.3) is 0 Å². The highest BCUT2D eigenvalue weighted by atomic mass is 127. The van der Waals surface area contributed by atoms with E-state index in [-0.39, 0.29) is 0 Å². The number of pyridine rings is 1. The second-order valence-corrected chi connectivity index (χ2v) is 6.90. The summed E-state index contributed by atoms with van der Waals surface area (Å²) in [4.78, 5) is 6.56. The third kappa shape index (κ3) is 3.08. The lowest BCUT2D eigenvalue weighted by Crippen LogP contribution is -2.21. The maximum Gasteiger partial charge on any atom is 0.138 e. The number of benzene rings is 1. The number of hydrogen-bond acceptors (Lipinski definition) is 3. The molecule has 2 aromatic rings. The number of hydrogen-bond donors (Lipinski definition) is 0. The van der Waals surface area contributed by atoms with E-state index < -0.39 is 0 Å². The predicted octanol–water partition coefficient (Wildman–Crippen LogP) is 5.39. The maximum absolute atomic E-state index is 6.49. The zero-order chi connectivity index (χ0) is 17.3. The van der Waals surface area contributed by atoms with Gasteiger partial charge in [-0.15, -0.1) is 0 Å². The smallest absolute Gasteiger partial charge is 0.138 e. The normalized spacial score (nSPS) is 14.8. The summed E-state index contributed by atoms with van der Waals surface area (Å²) in [5, 5.41) is 0.544. The van der Waals surface area contributed by atoms with Gasteiger partial charge >= 0.3 is 0 Å². The van der Waals surface area contributed by atoms with Crippen molar-refractivity contribution in [2.45, 2.75) is 0 Å².